The van der Waals surface area contributed by atoms with E-state index in [-0.39, 0.29) is 0 Å². The van der Waals surface area contributed by atoms with Crippen molar-refractivity contribution in [3.63, 3.8) is 0 Å². The Hall–Kier alpha value is -2.77. The molecule has 0 radical (unpaired) electrons. The summed E-state index contributed by atoms with van der Waals surface area (Å²) in [6, 6.07) is 0. The van der Waals surface area contributed by atoms with Crippen molar-refractivity contribution in [2.75, 3.05) is 6.54 Å². The van der Waals surface area contributed by atoms with Crippen LogP contribution in [0.1, 0.15) is 26.7 Å². The minimum atomic E-state index is -1.80. The lowest BCUT2D eigenvalue weighted by atomic mass is 10.2. The molecule has 0 saturated carbocycles. The molecule has 0 fully saturated rings. The van der Waals surface area contributed by atoms with Gasteiger partial charge in [-0.2, -0.15) is 0 Å². The zero-order valence-corrected chi connectivity index (χ0v) is 14.5. The molecule has 27 heavy (non-hydrogen) atoms. The van der Waals surface area contributed by atoms with Crippen molar-refractivity contribution in [3.05, 3.63) is 0 Å². The maximum atomic E-state index is 11.1. The van der Waals surface area contributed by atoms with E-state index in [0.717, 1.165) is 4.90 Å². The molecule has 0 aromatic heterocycles. The Kier molecular flexibility index (Phi) is 9.92. The first-order valence-corrected chi connectivity index (χ1v) is 7.52. The van der Waals surface area contributed by atoms with Crippen molar-refractivity contribution < 1.29 is 59.0 Å². The maximum Gasteiger partial charge on any atom is 0.333 e. The van der Waals surface area contributed by atoms with Crippen molar-refractivity contribution in [1.82, 2.24) is 4.90 Å². The smallest absolute Gasteiger partial charge is 0.333 e. The van der Waals surface area contributed by atoms with Gasteiger partial charge in [-0.25, -0.2) is 14.5 Å². The van der Waals surface area contributed by atoms with Gasteiger partial charge in [0.25, 0.3) is 0 Å². The lowest BCUT2D eigenvalue weighted by Crippen LogP contribution is -2.50. The highest BCUT2D eigenvalue weighted by molar-refractivity contribution is 5.80. The van der Waals surface area contributed by atoms with Crippen molar-refractivity contribution >= 4 is 29.8 Å². The number of rotatable bonds is 14. The molecule has 0 bridgehead atoms. The molecule has 0 aliphatic rings. The highest BCUT2D eigenvalue weighted by Crippen LogP contribution is 2.15. The van der Waals surface area contributed by atoms with Crippen LogP contribution in [0.4, 0.5) is 0 Å². The number of carboxylic acids is 5. The average Bonchev–Trinajstić information content (AvgIpc) is 2.49. The molecule has 13 nitrogen and oxygen atoms in total. The molecule has 0 amide bonds. The number of aliphatic carboxylic acids is 5. The van der Waals surface area contributed by atoms with Gasteiger partial charge in [0.05, 0.1) is 12.8 Å². The molecule has 4 atom stereocenters. The molecule has 0 saturated heterocycles. The van der Waals surface area contributed by atoms with Crippen LogP contribution in [0, 0.1) is 0 Å². The fourth-order valence-electron chi connectivity index (χ4n) is 2.05. The number of hydrogen-bond donors (Lipinski definition) is 5. The zero-order chi connectivity index (χ0) is 21.3. The molecule has 13 heteroatoms. The fourth-order valence-corrected chi connectivity index (χ4v) is 2.05. The molecule has 0 spiro atoms. The van der Waals surface area contributed by atoms with E-state index in [9.17, 15) is 24.0 Å². The summed E-state index contributed by atoms with van der Waals surface area (Å²) in [5, 5.41) is 44.4. The standard InChI is InChI=1S/C14H21NO12/c1-6(26-8(13(22)23)3-10(16)17)15(5-12(20)21)7(2)27-9(14(24)25)4-11(18)19/h6-9H,3-5H2,1-2H3,(H,16,17)(H,18,19)(H,20,21)(H,22,23)(H,24,25). The highest BCUT2D eigenvalue weighted by atomic mass is 16.6. The summed E-state index contributed by atoms with van der Waals surface area (Å²) >= 11 is 0. The molecule has 0 aromatic rings. The van der Waals surface area contributed by atoms with Crippen molar-refractivity contribution in [2.24, 2.45) is 0 Å². The van der Waals surface area contributed by atoms with Crippen LogP contribution in [-0.4, -0.2) is 91.5 Å². The van der Waals surface area contributed by atoms with Crippen LogP contribution in [0.15, 0.2) is 0 Å². The molecular weight excluding hydrogens is 374 g/mol. The number of ether oxygens (including phenoxy) is 2. The minimum Gasteiger partial charge on any atom is -0.481 e. The Morgan fingerprint density at radius 3 is 1.26 bits per heavy atom. The topological polar surface area (TPSA) is 208 Å². The number of nitrogens with zero attached hydrogens (tertiary/aromatic N) is 1. The highest BCUT2D eigenvalue weighted by Gasteiger charge is 2.33. The van der Waals surface area contributed by atoms with Gasteiger partial charge in [0.2, 0.25) is 0 Å². The second-order valence-corrected chi connectivity index (χ2v) is 5.39. The molecule has 0 heterocycles. The van der Waals surface area contributed by atoms with E-state index < -0.39 is 73.9 Å². The molecular formula is C14H21NO12. The minimum absolute atomic E-state index is 0.777. The fraction of sp³-hybridized carbons (Fsp3) is 0.643. The Morgan fingerprint density at radius 2 is 1.04 bits per heavy atom. The first-order valence-electron chi connectivity index (χ1n) is 7.52. The van der Waals surface area contributed by atoms with Crippen LogP contribution < -0.4 is 0 Å². The van der Waals surface area contributed by atoms with Crippen molar-refractivity contribution in [3.8, 4) is 0 Å². The third-order valence-corrected chi connectivity index (χ3v) is 3.25. The monoisotopic (exact) mass is 395 g/mol. The van der Waals surface area contributed by atoms with Crippen LogP contribution in [-0.2, 0) is 33.4 Å². The predicted molar refractivity (Wildman–Crippen MR) is 82.8 cm³/mol. The van der Waals surface area contributed by atoms with E-state index in [0.29, 0.717) is 0 Å². The van der Waals surface area contributed by atoms with Crippen LogP contribution in [0.25, 0.3) is 0 Å². The SMILES string of the molecule is CC(OC(CC(=O)O)C(=O)O)N(CC(=O)O)C(C)OC(CC(=O)O)C(=O)O. The van der Waals surface area contributed by atoms with E-state index in [4.69, 9.17) is 35.0 Å². The van der Waals surface area contributed by atoms with Crippen LogP contribution in [0.2, 0.25) is 0 Å². The summed E-state index contributed by atoms with van der Waals surface area (Å²) in [4.78, 5) is 55.5. The molecule has 154 valence electrons. The van der Waals surface area contributed by atoms with Gasteiger partial charge in [-0.15, -0.1) is 0 Å². The quantitative estimate of drug-likeness (QED) is 0.223. The number of carbonyl (C=O) groups is 5. The molecule has 0 aliphatic carbocycles. The first kappa shape index (κ1) is 24.2. The van der Waals surface area contributed by atoms with Gasteiger partial charge in [0.1, 0.15) is 19.0 Å². The normalized spacial score (nSPS) is 15.5. The molecule has 0 aliphatic heterocycles. The summed E-state index contributed by atoms with van der Waals surface area (Å²) < 4.78 is 10.1. The Bertz CT molecular complexity index is 534. The van der Waals surface area contributed by atoms with Gasteiger partial charge in [0, 0.05) is 0 Å². The molecule has 0 rings (SSSR count). The van der Waals surface area contributed by atoms with Crippen LogP contribution in [0.3, 0.4) is 0 Å². The van der Waals surface area contributed by atoms with Gasteiger partial charge in [-0.1, -0.05) is 0 Å². The van der Waals surface area contributed by atoms with Gasteiger partial charge in [-0.05, 0) is 13.8 Å². The Morgan fingerprint density at radius 1 is 0.704 bits per heavy atom. The summed E-state index contributed by atoms with van der Waals surface area (Å²) in [6.45, 7) is 1.66. The van der Waals surface area contributed by atoms with E-state index >= 15 is 0 Å². The Balaban J connectivity index is 5.34. The maximum absolute atomic E-state index is 11.1. The third kappa shape index (κ3) is 9.48. The lowest BCUT2D eigenvalue weighted by Gasteiger charge is -2.34. The van der Waals surface area contributed by atoms with Crippen LogP contribution in [0.5, 0.6) is 0 Å². The average molecular weight is 395 g/mol. The lowest BCUT2D eigenvalue weighted by molar-refractivity contribution is -0.200. The van der Waals surface area contributed by atoms with E-state index in [1.165, 1.54) is 13.8 Å². The zero-order valence-electron chi connectivity index (χ0n) is 14.5. The predicted octanol–water partition coefficient (Wildman–Crippen LogP) is -1.05. The van der Waals surface area contributed by atoms with Crippen molar-refractivity contribution in [2.45, 2.75) is 51.4 Å². The van der Waals surface area contributed by atoms with Crippen molar-refractivity contribution in [1.29, 1.82) is 0 Å². The van der Waals surface area contributed by atoms with Gasteiger partial charge in [0.15, 0.2) is 12.2 Å². The number of carboxylic acid groups (broad SMARTS) is 5. The van der Waals surface area contributed by atoms with E-state index in [2.05, 4.69) is 0 Å². The first-order chi connectivity index (χ1) is 12.3. The molecule has 5 N–H and O–H groups in total. The second-order valence-electron chi connectivity index (χ2n) is 5.39. The molecule has 4 unspecified atom stereocenters. The Labute approximate surface area is 152 Å². The largest absolute Gasteiger partial charge is 0.481 e. The molecule has 0 aromatic carbocycles. The summed E-state index contributed by atoms with van der Waals surface area (Å²) in [5.74, 6) is -7.51. The third-order valence-electron chi connectivity index (χ3n) is 3.25. The van der Waals surface area contributed by atoms with E-state index in [1.807, 2.05) is 0 Å². The van der Waals surface area contributed by atoms with Gasteiger partial charge in [-0.3, -0.25) is 14.4 Å². The summed E-state index contributed by atoms with van der Waals surface area (Å²) in [7, 11) is 0. The van der Waals surface area contributed by atoms with Gasteiger partial charge >= 0.3 is 29.8 Å². The number of hydrogen-bond acceptors (Lipinski definition) is 8. The summed E-state index contributed by atoms with van der Waals surface area (Å²) in [5.41, 5.74) is 0. The summed E-state index contributed by atoms with van der Waals surface area (Å²) in [6.07, 6.45) is -8.00. The second kappa shape index (κ2) is 11.1. The van der Waals surface area contributed by atoms with Crippen LogP contribution >= 0.6 is 0 Å². The van der Waals surface area contributed by atoms with E-state index in [1.54, 1.807) is 0 Å². The van der Waals surface area contributed by atoms with Gasteiger partial charge < -0.3 is 35.0 Å².